The van der Waals surface area contributed by atoms with E-state index in [0.29, 0.717) is 0 Å². The molecule has 0 aliphatic heterocycles. The third-order valence-electron chi connectivity index (χ3n) is 0.849. The van der Waals surface area contributed by atoms with E-state index in [-0.39, 0.29) is 24.8 Å². The molecule has 0 saturated carbocycles. The minimum atomic E-state index is 0. The monoisotopic (exact) mass is 216 g/mol. The van der Waals surface area contributed by atoms with E-state index in [9.17, 15) is 0 Å². The summed E-state index contributed by atoms with van der Waals surface area (Å²) in [5, 5.41) is 0. The van der Waals surface area contributed by atoms with Crippen molar-refractivity contribution >= 4 is 24.8 Å². The number of benzene rings is 1. The zero-order chi connectivity index (χ0) is 5.82. The molecule has 0 bridgehead atoms. The summed E-state index contributed by atoms with van der Waals surface area (Å²) in [5.41, 5.74) is 0. The van der Waals surface area contributed by atoms with Crippen LogP contribution in [0.1, 0.15) is 0 Å². The predicted molar refractivity (Wildman–Crippen MR) is 41.6 cm³/mol. The van der Waals surface area contributed by atoms with Crippen LogP contribution in [0.3, 0.4) is 0 Å². The molecule has 0 unspecified atom stereocenters. The first-order valence-electron chi connectivity index (χ1n) is 2.30. The van der Waals surface area contributed by atoms with Crippen LogP contribution in [0.5, 0.6) is 5.75 Å². The second kappa shape index (κ2) is 7.29. The molecule has 0 atom stereocenters. The first-order valence-corrected chi connectivity index (χ1v) is 2.87. The molecule has 0 N–H and O–H groups in total. The maximum absolute atomic E-state index is 4.85. The Morgan fingerprint density at radius 2 is 1.50 bits per heavy atom. The summed E-state index contributed by atoms with van der Waals surface area (Å²) in [7, 11) is 0. The van der Waals surface area contributed by atoms with Gasteiger partial charge in [-0.3, -0.25) is 0 Å². The van der Waals surface area contributed by atoms with Crippen molar-refractivity contribution in [1.82, 2.24) is 0 Å². The van der Waals surface area contributed by atoms with Crippen molar-refractivity contribution in [3.8, 4) is 5.75 Å². The minimum absolute atomic E-state index is 0. The van der Waals surface area contributed by atoms with Crippen molar-refractivity contribution in [1.29, 1.82) is 0 Å². The molecule has 56 valence electrons. The Morgan fingerprint density at radius 1 is 1.00 bits per heavy atom. The van der Waals surface area contributed by atoms with Gasteiger partial charge in [0, 0.05) is 0 Å². The quantitative estimate of drug-likeness (QED) is 0.701. The van der Waals surface area contributed by atoms with E-state index in [1.807, 2.05) is 30.3 Å². The number of rotatable bonds is 1. The second-order valence-electron chi connectivity index (χ2n) is 1.40. The Morgan fingerprint density at radius 3 is 1.80 bits per heavy atom. The Kier molecular flexibility index (Phi) is 9.35. The van der Waals surface area contributed by atoms with E-state index >= 15 is 0 Å². The first-order chi connectivity index (χ1) is 3.93. The van der Waals surface area contributed by atoms with Gasteiger partial charge < -0.3 is 0 Å². The molecule has 0 spiro atoms. The standard InChI is InChI=1S/C6H6O.2ClH.V/c7-6-4-2-1-3-5-6;;;/h1-5,7H;2*1H;/q;;;+1/p-1. The van der Waals surface area contributed by atoms with Gasteiger partial charge in [-0.05, 0) is 0 Å². The molecule has 0 amide bonds. The summed E-state index contributed by atoms with van der Waals surface area (Å²) in [6.45, 7) is 0. The fourth-order valence-corrected chi connectivity index (χ4v) is 0.671. The normalized spacial score (nSPS) is 6.80. The van der Waals surface area contributed by atoms with Gasteiger partial charge in [0.15, 0.2) is 0 Å². The van der Waals surface area contributed by atoms with Gasteiger partial charge in [0.05, 0.1) is 0 Å². The van der Waals surface area contributed by atoms with E-state index in [1.54, 1.807) is 0 Å². The molecule has 1 rings (SSSR count). The average molecular weight is 217 g/mol. The van der Waals surface area contributed by atoms with Crippen LogP contribution in [0, 0.1) is 0 Å². The summed E-state index contributed by atoms with van der Waals surface area (Å²) in [6.07, 6.45) is 0. The fourth-order valence-electron chi connectivity index (χ4n) is 0.481. The van der Waals surface area contributed by atoms with E-state index in [4.69, 9.17) is 3.66 Å². The Bertz CT molecular complexity index is 157. The van der Waals surface area contributed by atoms with Gasteiger partial charge in [-0.25, -0.2) is 0 Å². The summed E-state index contributed by atoms with van der Waals surface area (Å²) in [4.78, 5) is 0. The Labute approximate surface area is 82.3 Å². The topological polar surface area (TPSA) is 9.23 Å². The third kappa shape index (κ3) is 4.07. The van der Waals surface area contributed by atoms with Crippen LogP contribution in [0.2, 0.25) is 0 Å². The number of hydrogen-bond acceptors (Lipinski definition) is 1. The molecular weight excluding hydrogens is 210 g/mol. The molecule has 0 saturated heterocycles. The van der Waals surface area contributed by atoms with Crippen molar-refractivity contribution in [3.05, 3.63) is 30.3 Å². The third-order valence-corrected chi connectivity index (χ3v) is 1.18. The summed E-state index contributed by atoms with van der Waals surface area (Å²) < 4.78 is 4.85. The first kappa shape index (κ1) is 12.8. The van der Waals surface area contributed by atoms with Crippen LogP contribution in [0.25, 0.3) is 0 Å². The van der Waals surface area contributed by atoms with Crippen molar-refractivity contribution in [2.45, 2.75) is 0 Å². The van der Waals surface area contributed by atoms with Crippen molar-refractivity contribution in [2.75, 3.05) is 0 Å². The average Bonchev–Trinajstić information content (AvgIpc) is 1.90. The molecular formula is C6H7Cl2OV. The molecule has 0 aliphatic rings. The van der Waals surface area contributed by atoms with Gasteiger partial charge >= 0.3 is 57.5 Å². The molecule has 0 heterocycles. The molecule has 4 heteroatoms. The summed E-state index contributed by atoms with van der Waals surface area (Å²) >= 11 is 2.06. The van der Waals surface area contributed by atoms with Crippen LogP contribution < -0.4 is 3.66 Å². The number of para-hydroxylation sites is 1. The number of hydrogen-bond donors (Lipinski definition) is 0. The van der Waals surface area contributed by atoms with E-state index in [0.717, 1.165) is 5.75 Å². The molecule has 1 nitrogen and oxygen atoms in total. The van der Waals surface area contributed by atoms with Crippen molar-refractivity contribution in [3.63, 3.8) is 0 Å². The summed E-state index contributed by atoms with van der Waals surface area (Å²) in [5.74, 6) is 0.882. The fraction of sp³-hybridized carbons (Fsp3) is 0. The van der Waals surface area contributed by atoms with Gasteiger partial charge in [-0.2, -0.15) is 0 Å². The van der Waals surface area contributed by atoms with E-state index in [2.05, 4.69) is 17.8 Å². The van der Waals surface area contributed by atoms with Crippen molar-refractivity contribution < 1.29 is 21.4 Å². The van der Waals surface area contributed by atoms with Crippen molar-refractivity contribution in [2.24, 2.45) is 0 Å². The molecule has 1 aromatic carbocycles. The van der Waals surface area contributed by atoms with Gasteiger partial charge in [0.25, 0.3) is 0 Å². The number of halogens is 2. The molecule has 0 aromatic heterocycles. The molecule has 0 aliphatic carbocycles. The van der Waals surface area contributed by atoms with Crippen LogP contribution in [-0.2, 0) is 17.8 Å². The Balaban J connectivity index is 0. The van der Waals surface area contributed by atoms with E-state index in [1.165, 1.54) is 0 Å². The van der Waals surface area contributed by atoms with Gasteiger partial charge in [-0.15, -0.1) is 24.8 Å². The van der Waals surface area contributed by atoms with E-state index < -0.39 is 0 Å². The van der Waals surface area contributed by atoms with Crippen LogP contribution in [0.4, 0.5) is 0 Å². The summed E-state index contributed by atoms with van der Waals surface area (Å²) in [6, 6.07) is 9.62. The van der Waals surface area contributed by atoms with Crippen LogP contribution in [-0.4, -0.2) is 0 Å². The SMILES string of the molecule is Cl.Cl.[V][O]c1ccccc1. The van der Waals surface area contributed by atoms with Crippen LogP contribution in [0.15, 0.2) is 30.3 Å². The second-order valence-corrected chi connectivity index (χ2v) is 1.69. The maximum atomic E-state index is 4.85. The molecule has 1 aromatic rings. The Hall–Kier alpha value is 0.184. The molecule has 0 fully saturated rings. The van der Waals surface area contributed by atoms with Gasteiger partial charge in [0.1, 0.15) is 0 Å². The van der Waals surface area contributed by atoms with Gasteiger partial charge in [0.2, 0.25) is 0 Å². The van der Waals surface area contributed by atoms with Gasteiger partial charge in [-0.1, -0.05) is 0 Å². The zero-order valence-electron chi connectivity index (χ0n) is 5.06. The van der Waals surface area contributed by atoms with Crippen LogP contribution >= 0.6 is 24.8 Å². The zero-order valence-corrected chi connectivity index (χ0v) is 8.09. The predicted octanol–water partition coefficient (Wildman–Crippen LogP) is 2.37. The molecule has 10 heavy (non-hydrogen) atoms. The molecule has 0 radical (unpaired) electrons.